The molecule has 0 aromatic rings. The van der Waals surface area contributed by atoms with Crippen LogP contribution < -0.4 is 0 Å². The van der Waals surface area contributed by atoms with Gasteiger partial charge in [-0.15, -0.1) is 0 Å². The van der Waals surface area contributed by atoms with Crippen molar-refractivity contribution in [2.45, 2.75) is 25.9 Å². The van der Waals surface area contributed by atoms with Crippen molar-refractivity contribution in [3.8, 4) is 0 Å². The molecular formula is C11H17IO3. The van der Waals surface area contributed by atoms with E-state index in [4.69, 9.17) is 4.74 Å². The number of fused-ring (bicyclic) bond motifs is 1. The van der Waals surface area contributed by atoms with Gasteiger partial charge in [-0.2, -0.15) is 0 Å². The maximum absolute atomic E-state index is 11.5. The zero-order valence-corrected chi connectivity index (χ0v) is 11.2. The number of carbonyl (C=O) groups excluding carboxylic acids is 1. The smallest absolute Gasteiger partial charge is 0.311 e. The van der Waals surface area contributed by atoms with Gasteiger partial charge in [0.15, 0.2) is 0 Å². The fourth-order valence-electron chi connectivity index (χ4n) is 3.49. The first-order valence-electron chi connectivity index (χ1n) is 5.39. The van der Waals surface area contributed by atoms with Gasteiger partial charge in [0.25, 0.3) is 0 Å². The Morgan fingerprint density at radius 2 is 2.27 bits per heavy atom. The lowest BCUT2D eigenvalue weighted by Crippen LogP contribution is -2.62. The molecule has 0 aromatic heterocycles. The van der Waals surface area contributed by atoms with Crippen molar-refractivity contribution < 1.29 is 14.6 Å². The summed E-state index contributed by atoms with van der Waals surface area (Å²) < 4.78 is 5.81. The molecule has 3 nitrogen and oxygen atoms in total. The predicted molar refractivity (Wildman–Crippen MR) is 64.7 cm³/mol. The number of methoxy groups -OCH3 is 1. The Bertz CT molecular complexity index is 281. The number of alkyl halides is 1. The summed E-state index contributed by atoms with van der Waals surface area (Å²) in [5, 5.41) is 10.1. The molecule has 0 heterocycles. The Labute approximate surface area is 104 Å². The first-order chi connectivity index (χ1) is 7.07. The lowest BCUT2D eigenvalue weighted by molar-refractivity contribution is -0.197. The first kappa shape index (κ1) is 11.6. The average Bonchev–Trinajstić information content (AvgIpc) is 2.53. The number of halogens is 1. The highest BCUT2D eigenvalue weighted by atomic mass is 127. The minimum Gasteiger partial charge on any atom is -0.469 e. The molecule has 2 aliphatic carbocycles. The van der Waals surface area contributed by atoms with Crippen molar-refractivity contribution in [2.75, 3.05) is 11.5 Å². The van der Waals surface area contributed by atoms with Gasteiger partial charge in [-0.05, 0) is 24.7 Å². The van der Waals surface area contributed by atoms with Crippen molar-refractivity contribution in [2.24, 2.45) is 23.2 Å². The Hall–Kier alpha value is 0.160. The molecule has 2 saturated carbocycles. The topological polar surface area (TPSA) is 46.5 Å². The van der Waals surface area contributed by atoms with Gasteiger partial charge in [0.2, 0.25) is 0 Å². The van der Waals surface area contributed by atoms with Crippen LogP contribution >= 0.6 is 22.6 Å². The number of carbonyl (C=O) groups is 1. The van der Waals surface area contributed by atoms with Crippen LogP contribution in [-0.2, 0) is 9.53 Å². The van der Waals surface area contributed by atoms with Crippen LogP contribution in [-0.4, -0.2) is 28.7 Å². The van der Waals surface area contributed by atoms with Crippen LogP contribution in [0.25, 0.3) is 0 Å². The van der Waals surface area contributed by atoms with E-state index >= 15 is 0 Å². The van der Waals surface area contributed by atoms with Crippen LogP contribution in [0.5, 0.6) is 0 Å². The second-order valence-electron chi connectivity index (χ2n) is 4.89. The molecule has 4 heteroatoms. The highest BCUT2D eigenvalue weighted by Gasteiger charge is 2.67. The van der Waals surface area contributed by atoms with Crippen LogP contribution in [0.15, 0.2) is 0 Å². The molecule has 0 unspecified atom stereocenters. The molecule has 86 valence electrons. The fourth-order valence-corrected chi connectivity index (χ4v) is 4.88. The van der Waals surface area contributed by atoms with Crippen LogP contribution in [0.2, 0.25) is 0 Å². The van der Waals surface area contributed by atoms with Gasteiger partial charge in [0.1, 0.15) is 0 Å². The third kappa shape index (κ3) is 1.37. The van der Waals surface area contributed by atoms with E-state index in [0.29, 0.717) is 11.8 Å². The molecule has 0 radical (unpaired) electrons. The van der Waals surface area contributed by atoms with Gasteiger partial charge < -0.3 is 9.84 Å². The van der Waals surface area contributed by atoms with Crippen molar-refractivity contribution >= 4 is 28.6 Å². The number of esters is 1. The third-order valence-corrected chi connectivity index (χ3v) is 5.64. The highest BCUT2D eigenvalue weighted by Crippen LogP contribution is 2.63. The molecule has 0 saturated heterocycles. The van der Waals surface area contributed by atoms with Crippen molar-refractivity contribution in [3.05, 3.63) is 0 Å². The maximum Gasteiger partial charge on any atom is 0.311 e. The number of aliphatic hydroxyl groups is 1. The normalized spacial score (nSPS) is 48.3. The lowest BCUT2D eigenvalue weighted by atomic mass is 9.51. The standard InChI is InChI=1S/C11H17IO3/c1-11-6(5-12)3-4-7(11)8(9(11)13)10(14)15-2/h6-9,13H,3-5H2,1-2H3/t6-,7+,8-,9+,11-/m1/s1. The molecule has 0 spiro atoms. The average molecular weight is 324 g/mol. The van der Waals surface area contributed by atoms with Crippen molar-refractivity contribution in [1.82, 2.24) is 0 Å². The van der Waals surface area contributed by atoms with Gasteiger partial charge in [-0.1, -0.05) is 29.5 Å². The Morgan fingerprint density at radius 3 is 2.80 bits per heavy atom. The summed E-state index contributed by atoms with van der Waals surface area (Å²) in [6.07, 6.45) is 1.69. The number of hydrogen-bond acceptors (Lipinski definition) is 3. The minimum atomic E-state index is -0.503. The Morgan fingerprint density at radius 1 is 1.60 bits per heavy atom. The molecule has 2 rings (SSSR count). The van der Waals surface area contributed by atoms with Gasteiger partial charge in [0, 0.05) is 9.84 Å². The van der Waals surface area contributed by atoms with Crippen LogP contribution in [0.4, 0.5) is 0 Å². The van der Waals surface area contributed by atoms with Gasteiger partial charge in [-0.3, -0.25) is 4.79 Å². The van der Waals surface area contributed by atoms with Crippen molar-refractivity contribution in [3.63, 3.8) is 0 Å². The first-order valence-corrected chi connectivity index (χ1v) is 6.91. The molecule has 5 atom stereocenters. The molecule has 0 aliphatic heterocycles. The van der Waals surface area contributed by atoms with Crippen LogP contribution in [0.1, 0.15) is 19.8 Å². The molecular weight excluding hydrogens is 307 g/mol. The summed E-state index contributed by atoms with van der Waals surface area (Å²) >= 11 is 2.38. The van der Waals surface area contributed by atoms with E-state index in [2.05, 4.69) is 29.5 Å². The zero-order chi connectivity index (χ0) is 11.2. The summed E-state index contributed by atoms with van der Waals surface area (Å²) in [6, 6.07) is 0. The largest absolute Gasteiger partial charge is 0.469 e. The van der Waals surface area contributed by atoms with E-state index in [1.54, 1.807) is 0 Å². The summed E-state index contributed by atoms with van der Waals surface area (Å²) in [5.41, 5.74) is -0.0416. The molecule has 0 amide bonds. The number of hydrogen-bond donors (Lipinski definition) is 1. The van der Waals surface area contributed by atoms with E-state index in [9.17, 15) is 9.90 Å². The quantitative estimate of drug-likeness (QED) is 0.477. The Balaban J connectivity index is 2.17. The SMILES string of the molecule is COC(=O)[C@H]1[C@H](O)[C@]2(C)[C@@H](CI)CC[C@@H]12. The molecule has 0 bridgehead atoms. The predicted octanol–water partition coefficient (Wildman–Crippen LogP) is 1.62. The molecule has 2 aliphatic rings. The van der Waals surface area contributed by atoms with Crippen LogP contribution in [0.3, 0.4) is 0 Å². The summed E-state index contributed by atoms with van der Waals surface area (Å²) in [7, 11) is 1.40. The van der Waals surface area contributed by atoms with E-state index in [1.807, 2.05) is 0 Å². The fraction of sp³-hybridized carbons (Fsp3) is 0.909. The van der Waals surface area contributed by atoms with E-state index in [0.717, 1.165) is 17.3 Å². The Kier molecular flexibility index (Phi) is 3.01. The molecule has 1 N–H and O–H groups in total. The van der Waals surface area contributed by atoms with Crippen molar-refractivity contribution in [1.29, 1.82) is 0 Å². The summed E-state index contributed by atoms with van der Waals surface area (Å²) in [5.74, 6) is 0.380. The van der Waals surface area contributed by atoms with E-state index < -0.39 is 6.10 Å². The zero-order valence-electron chi connectivity index (χ0n) is 9.07. The molecule has 15 heavy (non-hydrogen) atoms. The number of aliphatic hydroxyl groups excluding tert-OH is 1. The van der Waals surface area contributed by atoms with Gasteiger partial charge in [-0.25, -0.2) is 0 Å². The second kappa shape index (κ2) is 3.87. The lowest BCUT2D eigenvalue weighted by Gasteiger charge is -2.55. The highest BCUT2D eigenvalue weighted by molar-refractivity contribution is 14.1. The third-order valence-electron chi connectivity index (χ3n) is 4.58. The molecule has 0 aromatic carbocycles. The summed E-state index contributed by atoms with van der Waals surface area (Å²) in [6.45, 7) is 2.12. The maximum atomic E-state index is 11.5. The van der Waals surface area contributed by atoms with Gasteiger partial charge in [0.05, 0.1) is 19.1 Å². The van der Waals surface area contributed by atoms with Crippen LogP contribution in [0, 0.1) is 23.2 Å². The number of rotatable bonds is 2. The van der Waals surface area contributed by atoms with E-state index in [-0.39, 0.29) is 17.3 Å². The van der Waals surface area contributed by atoms with E-state index in [1.165, 1.54) is 7.11 Å². The van der Waals surface area contributed by atoms with Gasteiger partial charge >= 0.3 is 5.97 Å². The number of ether oxygens (including phenoxy) is 1. The minimum absolute atomic E-state index is 0.0416. The molecule has 2 fully saturated rings. The monoisotopic (exact) mass is 324 g/mol. The summed E-state index contributed by atoms with van der Waals surface area (Å²) in [4.78, 5) is 11.5. The second-order valence-corrected chi connectivity index (χ2v) is 5.78.